The van der Waals surface area contributed by atoms with Gasteiger partial charge >= 0.3 is 5.97 Å². The van der Waals surface area contributed by atoms with Crippen LogP contribution < -0.4 is 16.2 Å². The molecule has 5 heteroatoms. The van der Waals surface area contributed by atoms with Gasteiger partial charge in [-0.25, -0.2) is 4.79 Å². The van der Waals surface area contributed by atoms with E-state index in [2.05, 4.69) is 6.92 Å². The van der Waals surface area contributed by atoms with E-state index in [9.17, 15) is 4.79 Å². The van der Waals surface area contributed by atoms with Crippen molar-refractivity contribution in [1.82, 2.24) is 0 Å². The molecule has 0 spiro atoms. The average molecular weight is 397 g/mol. The van der Waals surface area contributed by atoms with Crippen LogP contribution in [0.25, 0.3) is 0 Å². The lowest BCUT2D eigenvalue weighted by molar-refractivity contribution is 0.0620. The van der Waals surface area contributed by atoms with E-state index in [-0.39, 0.29) is 12.3 Å². The Bertz CT molecular complexity index is 777. The van der Waals surface area contributed by atoms with Gasteiger partial charge in [-0.05, 0) is 55.5 Å². The molecule has 2 aromatic carbocycles. The average Bonchev–Trinajstić information content (AvgIpc) is 2.79. The van der Waals surface area contributed by atoms with E-state index in [1.54, 1.807) is 7.11 Å². The number of aryl methyl sites for hydroxylation is 1. The number of carbonyl (C=O) groups excluding carboxylic acids is 1. The van der Waals surface area contributed by atoms with Crippen molar-refractivity contribution in [1.29, 1.82) is 0 Å². The number of rotatable bonds is 5. The number of esters is 1. The van der Waals surface area contributed by atoms with Crippen LogP contribution in [-0.2, 0) is 4.74 Å². The molecule has 156 valence electrons. The van der Waals surface area contributed by atoms with Crippen LogP contribution in [0.4, 0.5) is 0 Å². The van der Waals surface area contributed by atoms with E-state index in [4.69, 9.17) is 20.9 Å². The van der Waals surface area contributed by atoms with Gasteiger partial charge in [0.1, 0.15) is 11.5 Å². The van der Waals surface area contributed by atoms with Gasteiger partial charge in [-0.1, -0.05) is 49.1 Å². The first kappa shape index (κ1) is 22.5. The van der Waals surface area contributed by atoms with Gasteiger partial charge in [0.25, 0.3) is 0 Å². The molecule has 3 rings (SSSR count). The van der Waals surface area contributed by atoms with Crippen LogP contribution in [0.15, 0.2) is 60.5 Å². The van der Waals surface area contributed by atoms with Crippen LogP contribution in [0.1, 0.15) is 59.5 Å². The van der Waals surface area contributed by atoms with E-state index in [1.165, 1.54) is 49.4 Å². The van der Waals surface area contributed by atoms with Gasteiger partial charge in [-0.3, -0.25) is 0 Å². The van der Waals surface area contributed by atoms with E-state index in [0.717, 1.165) is 5.75 Å². The Labute approximate surface area is 173 Å². The van der Waals surface area contributed by atoms with Gasteiger partial charge in [0.15, 0.2) is 0 Å². The Morgan fingerprint density at radius 3 is 2.17 bits per heavy atom. The monoisotopic (exact) mass is 396 g/mol. The van der Waals surface area contributed by atoms with Crippen LogP contribution in [0, 0.1) is 6.92 Å². The maximum absolute atomic E-state index is 11.9. The highest BCUT2D eigenvalue weighted by Crippen LogP contribution is 2.32. The molecular formula is C24H32N2O3. The molecule has 29 heavy (non-hydrogen) atoms. The highest BCUT2D eigenvalue weighted by molar-refractivity contribution is 5.90. The van der Waals surface area contributed by atoms with Gasteiger partial charge in [0, 0.05) is 6.20 Å². The van der Waals surface area contributed by atoms with Crippen molar-refractivity contribution in [3.8, 4) is 5.75 Å². The second kappa shape index (κ2) is 11.9. The van der Waals surface area contributed by atoms with Crippen molar-refractivity contribution in [2.45, 2.75) is 44.9 Å². The van der Waals surface area contributed by atoms with E-state index >= 15 is 0 Å². The Balaban J connectivity index is 0.000000278. The van der Waals surface area contributed by atoms with Crippen molar-refractivity contribution < 1.29 is 14.3 Å². The van der Waals surface area contributed by atoms with Crippen LogP contribution in [0.5, 0.6) is 5.75 Å². The number of methoxy groups -OCH3 is 1. The minimum Gasteiger partial charge on any atom is -0.497 e. The summed E-state index contributed by atoms with van der Waals surface area (Å²) in [6.07, 6.45) is 7.65. The number of carbonyl (C=O) groups is 1. The molecule has 2 aromatic rings. The molecule has 0 saturated heterocycles. The third kappa shape index (κ3) is 7.27. The fourth-order valence-electron chi connectivity index (χ4n) is 3.32. The molecule has 0 bridgehead atoms. The summed E-state index contributed by atoms with van der Waals surface area (Å²) in [7, 11) is 1.67. The Morgan fingerprint density at radius 1 is 1.03 bits per heavy atom. The van der Waals surface area contributed by atoms with E-state index in [1.807, 2.05) is 48.5 Å². The summed E-state index contributed by atoms with van der Waals surface area (Å²) >= 11 is 0. The smallest absolute Gasteiger partial charge is 0.343 e. The van der Waals surface area contributed by atoms with Crippen molar-refractivity contribution in [2.24, 2.45) is 11.5 Å². The Morgan fingerprint density at radius 2 is 1.66 bits per heavy atom. The molecule has 0 atom stereocenters. The molecule has 0 radical (unpaired) electrons. The zero-order valence-electron chi connectivity index (χ0n) is 17.4. The first-order valence-electron chi connectivity index (χ1n) is 10.1. The molecule has 0 aliphatic heterocycles. The van der Waals surface area contributed by atoms with Crippen molar-refractivity contribution in [2.75, 3.05) is 13.7 Å². The maximum Gasteiger partial charge on any atom is 0.343 e. The fraction of sp³-hybridized carbons (Fsp3) is 0.375. The number of ether oxygens (including phenoxy) is 2. The van der Waals surface area contributed by atoms with E-state index in [0.29, 0.717) is 11.5 Å². The highest BCUT2D eigenvalue weighted by Gasteiger charge is 2.16. The van der Waals surface area contributed by atoms with Crippen LogP contribution >= 0.6 is 0 Å². The Hall–Kier alpha value is -2.79. The minimum absolute atomic E-state index is 0.113. The van der Waals surface area contributed by atoms with Gasteiger partial charge < -0.3 is 20.9 Å². The lowest BCUT2D eigenvalue weighted by Gasteiger charge is -2.22. The molecule has 1 aliphatic carbocycles. The largest absolute Gasteiger partial charge is 0.497 e. The molecule has 0 amide bonds. The highest BCUT2D eigenvalue weighted by atomic mass is 16.5. The standard InChI is InChI=1S/C16H22N2O2.C8H10O/c17-10-15(11-18)20-16(19)14-8-6-13(7-9-14)12-4-2-1-3-5-12;1-7-3-5-8(9-2)6-4-7/h6-10,12H,1-5,11,17-18H2;3-6H,1-2H3/b15-10+;. The van der Waals surface area contributed by atoms with Crippen molar-refractivity contribution in [3.05, 3.63) is 77.2 Å². The Kier molecular flexibility index (Phi) is 9.25. The second-order valence-electron chi connectivity index (χ2n) is 7.20. The molecule has 4 N–H and O–H groups in total. The number of nitrogens with two attached hydrogens (primary N) is 2. The van der Waals surface area contributed by atoms with Crippen LogP contribution in [-0.4, -0.2) is 19.6 Å². The first-order chi connectivity index (χ1) is 14.1. The summed E-state index contributed by atoms with van der Waals surface area (Å²) in [4.78, 5) is 11.9. The van der Waals surface area contributed by atoms with Crippen molar-refractivity contribution in [3.63, 3.8) is 0 Å². The van der Waals surface area contributed by atoms with Gasteiger partial charge in [0.05, 0.1) is 19.2 Å². The number of hydrogen-bond donors (Lipinski definition) is 2. The third-order valence-corrected chi connectivity index (χ3v) is 5.09. The minimum atomic E-state index is -0.414. The van der Waals surface area contributed by atoms with Crippen molar-refractivity contribution >= 4 is 5.97 Å². The van der Waals surface area contributed by atoms with Gasteiger partial charge in [0.2, 0.25) is 0 Å². The predicted molar refractivity (Wildman–Crippen MR) is 117 cm³/mol. The lowest BCUT2D eigenvalue weighted by atomic mass is 9.84. The number of hydrogen-bond acceptors (Lipinski definition) is 5. The normalized spacial score (nSPS) is 14.5. The lowest BCUT2D eigenvalue weighted by Crippen LogP contribution is -2.13. The zero-order valence-corrected chi connectivity index (χ0v) is 17.4. The molecule has 0 aromatic heterocycles. The topological polar surface area (TPSA) is 87.6 Å². The van der Waals surface area contributed by atoms with Gasteiger partial charge in [-0.2, -0.15) is 0 Å². The van der Waals surface area contributed by atoms with Crippen LogP contribution in [0.2, 0.25) is 0 Å². The quantitative estimate of drug-likeness (QED) is 0.567. The molecular weight excluding hydrogens is 364 g/mol. The summed E-state index contributed by atoms with van der Waals surface area (Å²) < 4.78 is 10.1. The summed E-state index contributed by atoms with van der Waals surface area (Å²) in [5.41, 5.74) is 13.8. The summed E-state index contributed by atoms with van der Waals surface area (Å²) in [5.74, 6) is 1.42. The zero-order chi connectivity index (χ0) is 21.1. The molecule has 0 heterocycles. The predicted octanol–water partition coefficient (Wildman–Crippen LogP) is 4.65. The number of benzene rings is 2. The molecule has 1 aliphatic rings. The molecule has 5 nitrogen and oxygen atoms in total. The summed E-state index contributed by atoms with van der Waals surface area (Å²) in [6.45, 7) is 2.17. The second-order valence-corrected chi connectivity index (χ2v) is 7.20. The fourth-order valence-corrected chi connectivity index (χ4v) is 3.32. The van der Waals surface area contributed by atoms with Crippen LogP contribution in [0.3, 0.4) is 0 Å². The maximum atomic E-state index is 11.9. The first-order valence-corrected chi connectivity index (χ1v) is 10.1. The third-order valence-electron chi connectivity index (χ3n) is 5.09. The molecule has 0 unspecified atom stereocenters. The van der Waals surface area contributed by atoms with Gasteiger partial charge in [-0.15, -0.1) is 0 Å². The molecule has 1 saturated carbocycles. The molecule has 1 fully saturated rings. The summed E-state index contributed by atoms with van der Waals surface area (Å²) in [5, 5.41) is 0. The van der Waals surface area contributed by atoms with E-state index < -0.39 is 5.97 Å². The SMILES string of the molecule is COc1ccc(C)cc1.N/C=C(\CN)OC(=O)c1ccc(C2CCCCC2)cc1. The summed E-state index contributed by atoms with van der Waals surface area (Å²) in [6, 6.07) is 15.7.